The molecule has 3 aromatic rings. The van der Waals surface area contributed by atoms with Crippen LogP contribution in [0.4, 0.5) is 10.8 Å². The Morgan fingerprint density at radius 2 is 1.88 bits per heavy atom. The minimum atomic E-state index is -0.253. The molecule has 0 atom stereocenters. The van der Waals surface area contributed by atoms with Crippen molar-refractivity contribution in [1.29, 1.82) is 0 Å². The van der Waals surface area contributed by atoms with Crippen LogP contribution in [0, 0.1) is 0 Å². The van der Waals surface area contributed by atoms with Gasteiger partial charge in [-0.05, 0) is 30.7 Å². The van der Waals surface area contributed by atoms with E-state index in [2.05, 4.69) is 25.8 Å². The lowest BCUT2D eigenvalue weighted by atomic mass is 10.2. The molecule has 7 nitrogen and oxygen atoms in total. The molecule has 0 aliphatic carbocycles. The Hall–Kier alpha value is -2.87. The van der Waals surface area contributed by atoms with Crippen LogP contribution >= 0.6 is 11.3 Å². The summed E-state index contributed by atoms with van der Waals surface area (Å²) in [6.45, 7) is 1.97. The number of fused-ring (bicyclic) bond motifs is 1. The van der Waals surface area contributed by atoms with Crippen LogP contribution < -0.4 is 10.6 Å². The fourth-order valence-corrected chi connectivity index (χ4v) is 2.93. The van der Waals surface area contributed by atoms with Gasteiger partial charge in [-0.15, -0.1) is 10.2 Å². The van der Waals surface area contributed by atoms with Crippen LogP contribution in [0.3, 0.4) is 0 Å². The molecule has 2 N–H and O–H groups in total. The molecule has 0 aliphatic heterocycles. The number of aryl methyl sites for hydroxylation is 1. The first-order chi connectivity index (χ1) is 12.1. The average Bonchev–Trinajstić information content (AvgIpc) is 3.07. The van der Waals surface area contributed by atoms with E-state index >= 15 is 0 Å². The summed E-state index contributed by atoms with van der Waals surface area (Å²) in [5.74, 6) is -0.471. The van der Waals surface area contributed by atoms with E-state index in [-0.39, 0.29) is 24.7 Å². The fourth-order valence-electron chi connectivity index (χ4n) is 2.23. The van der Waals surface area contributed by atoms with E-state index < -0.39 is 0 Å². The van der Waals surface area contributed by atoms with Gasteiger partial charge in [0.05, 0.1) is 5.52 Å². The minimum absolute atomic E-state index is 0.0853. The van der Waals surface area contributed by atoms with E-state index in [0.29, 0.717) is 10.8 Å². The number of amides is 2. The second kappa shape index (κ2) is 7.80. The maximum atomic E-state index is 12.0. The zero-order valence-electron chi connectivity index (χ0n) is 13.7. The first-order valence-electron chi connectivity index (χ1n) is 7.91. The molecule has 0 radical (unpaired) electrons. The number of nitrogens with one attached hydrogen (secondary N) is 2. The third-order valence-corrected chi connectivity index (χ3v) is 4.46. The Morgan fingerprint density at radius 1 is 1.08 bits per heavy atom. The van der Waals surface area contributed by atoms with Crippen molar-refractivity contribution >= 4 is 44.9 Å². The first-order valence-corrected chi connectivity index (χ1v) is 8.72. The van der Waals surface area contributed by atoms with Gasteiger partial charge in [-0.25, -0.2) is 0 Å². The van der Waals surface area contributed by atoms with Crippen molar-refractivity contribution in [2.24, 2.45) is 0 Å². The van der Waals surface area contributed by atoms with Crippen LogP contribution in [0.2, 0.25) is 0 Å². The van der Waals surface area contributed by atoms with Gasteiger partial charge in [-0.3, -0.25) is 14.6 Å². The molecule has 0 saturated heterocycles. The van der Waals surface area contributed by atoms with Gasteiger partial charge >= 0.3 is 0 Å². The van der Waals surface area contributed by atoms with Gasteiger partial charge < -0.3 is 10.6 Å². The lowest BCUT2D eigenvalue weighted by molar-refractivity contribution is -0.121. The molecule has 0 aliphatic rings. The number of benzene rings is 1. The minimum Gasteiger partial charge on any atom is -0.326 e. The van der Waals surface area contributed by atoms with Crippen LogP contribution in [0.25, 0.3) is 10.9 Å². The number of aromatic nitrogens is 3. The summed E-state index contributed by atoms with van der Waals surface area (Å²) in [7, 11) is 0. The topological polar surface area (TPSA) is 96.9 Å². The Labute approximate surface area is 148 Å². The monoisotopic (exact) mass is 355 g/mol. The van der Waals surface area contributed by atoms with E-state index in [9.17, 15) is 9.59 Å². The highest BCUT2D eigenvalue weighted by Gasteiger charge is 2.10. The van der Waals surface area contributed by atoms with Gasteiger partial charge in [0.25, 0.3) is 0 Å². The summed E-state index contributed by atoms with van der Waals surface area (Å²) >= 11 is 1.34. The third kappa shape index (κ3) is 4.57. The van der Waals surface area contributed by atoms with Gasteiger partial charge in [0.2, 0.25) is 16.9 Å². The van der Waals surface area contributed by atoms with Crippen molar-refractivity contribution in [2.45, 2.75) is 26.2 Å². The molecule has 128 valence electrons. The Bertz CT molecular complexity index is 909. The summed E-state index contributed by atoms with van der Waals surface area (Å²) < 4.78 is 0. The van der Waals surface area contributed by atoms with Crippen LogP contribution in [0.1, 0.15) is 24.8 Å². The molecule has 0 unspecified atom stereocenters. The van der Waals surface area contributed by atoms with E-state index in [1.165, 1.54) is 11.3 Å². The Kier molecular flexibility index (Phi) is 5.30. The van der Waals surface area contributed by atoms with Gasteiger partial charge in [-0.1, -0.05) is 24.3 Å². The Morgan fingerprint density at radius 3 is 2.64 bits per heavy atom. The van der Waals surface area contributed by atoms with E-state index in [1.807, 2.05) is 31.2 Å². The molecule has 2 amide bonds. The number of carbonyl (C=O) groups is 2. The van der Waals surface area contributed by atoms with Gasteiger partial charge in [0, 0.05) is 30.1 Å². The predicted molar refractivity (Wildman–Crippen MR) is 97.5 cm³/mol. The van der Waals surface area contributed by atoms with Gasteiger partial charge in [-0.2, -0.15) is 0 Å². The maximum absolute atomic E-state index is 12.0. The molecule has 8 heteroatoms. The SMILES string of the molecule is CCc1nnc(NC(=O)CCC(=O)Nc2ccc3ncccc3c2)s1. The first kappa shape index (κ1) is 17.0. The number of hydrogen-bond acceptors (Lipinski definition) is 6. The fraction of sp³-hybridized carbons (Fsp3) is 0.235. The second-order valence-electron chi connectivity index (χ2n) is 5.36. The number of anilines is 2. The van der Waals surface area contributed by atoms with Gasteiger partial charge in [0.1, 0.15) is 5.01 Å². The van der Waals surface area contributed by atoms with Gasteiger partial charge in [0.15, 0.2) is 0 Å². The smallest absolute Gasteiger partial charge is 0.226 e. The van der Waals surface area contributed by atoms with Crippen molar-refractivity contribution < 1.29 is 9.59 Å². The van der Waals surface area contributed by atoms with Crippen LogP contribution in [-0.4, -0.2) is 27.0 Å². The number of hydrogen-bond donors (Lipinski definition) is 2. The summed E-state index contributed by atoms with van der Waals surface area (Å²) in [4.78, 5) is 28.1. The summed E-state index contributed by atoms with van der Waals surface area (Å²) in [6, 6.07) is 9.26. The molecule has 0 saturated carbocycles. The second-order valence-corrected chi connectivity index (χ2v) is 6.42. The molecule has 0 spiro atoms. The van der Waals surface area contributed by atoms with Crippen LogP contribution in [-0.2, 0) is 16.0 Å². The highest BCUT2D eigenvalue weighted by atomic mass is 32.1. The van der Waals surface area contributed by atoms with Crippen molar-refractivity contribution in [3.8, 4) is 0 Å². The van der Waals surface area contributed by atoms with Crippen LogP contribution in [0.15, 0.2) is 36.5 Å². The molecule has 3 rings (SSSR count). The molecule has 2 aromatic heterocycles. The lowest BCUT2D eigenvalue weighted by Gasteiger charge is -2.06. The number of rotatable bonds is 6. The van der Waals surface area contributed by atoms with Crippen molar-refractivity contribution in [1.82, 2.24) is 15.2 Å². The number of nitrogens with zero attached hydrogens (tertiary/aromatic N) is 3. The average molecular weight is 355 g/mol. The predicted octanol–water partition coefficient (Wildman–Crippen LogP) is 3.01. The van der Waals surface area contributed by atoms with Crippen molar-refractivity contribution in [3.05, 3.63) is 41.5 Å². The van der Waals surface area contributed by atoms with Crippen molar-refractivity contribution in [3.63, 3.8) is 0 Å². The molecule has 25 heavy (non-hydrogen) atoms. The van der Waals surface area contributed by atoms with Crippen molar-refractivity contribution in [2.75, 3.05) is 10.6 Å². The maximum Gasteiger partial charge on any atom is 0.226 e. The standard InChI is InChI=1S/C17H17N5O2S/c1-2-16-21-22-17(25-16)20-15(24)8-7-14(23)19-12-5-6-13-11(10-12)4-3-9-18-13/h3-6,9-10H,2,7-8H2,1H3,(H,19,23)(H,20,22,24). The molecule has 0 fully saturated rings. The van der Waals surface area contributed by atoms with E-state index in [0.717, 1.165) is 22.3 Å². The van der Waals surface area contributed by atoms with Crippen LogP contribution in [0.5, 0.6) is 0 Å². The molecule has 0 bridgehead atoms. The molecule has 1 aromatic carbocycles. The van der Waals surface area contributed by atoms with E-state index in [4.69, 9.17) is 0 Å². The number of pyridine rings is 1. The summed E-state index contributed by atoms with van der Waals surface area (Å²) in [5, 5.41) is 15.5. The third-order valence-electron chi connectivity index (χ3n) is 3.48. The highest BCUT2D eigenvalue weighted by molar-refractivity contribution is 7.15. The largest absolute Gasteiger partial charge is 0.326 e. The molecular weight excluding hydrogens is 338 g/mol. The molecule has 2 heterocycles. The summed E-state index contributed by atoms with van der Waals surface area (Å²) in [5.41, 5.74) is 1.55. The highest BCUT2D eigenvalue weighted by Crippen LogP contribution is 2.18. The molecular formula is C17H17N5O2S. The van der Waals surface area contributed by atoms with E-state index in [1.54, 1.807) is 12.3 Å². The Balaban J connectivity index is 1.50. The quantitative estimate of drug-likeness (QED) is 0.708. The normalized spacial score (nSPS) is 10.6. The summed E-state index contributed by atoms with van der Waals surface area (Å²) in [6.07, 6.45) is 2.68. The lowest BCUT2D eigenvalue weighted by Crippen LogP contribution is -2.17. The zero-order chi connectivity index (χ0) is 17.6. The number of carbonyl (C=O) groups excluding carboxylic acids is 2. The zero-order valence-corrected chi connectivity index (χ0v) is 14.5.